The zero-order valence-electron chi connectivity index (χ0n) is 15.6. The van der Waals surface area contributed by atoms with Gasteiger partial charge >= 0.3 is 5.97 Å². The fourth-order valence-corrected chi connectivity index (χ4v) is 5.67. The van der Waals surface area contributed by atoms with Crippen LogP contribution in [0.15, 0.2) is 30.3 Å². The zero-order valence-corrected chi connectivity index (χ0v) is 15.6. The van der Waals surface area contributed by atoms with Gasteiger partial charge in [-0.3, -0.25) is 9.69 Å². The Hall–Kier alpha value is -2.07. The Morgan fingerprint density at radius 3 is 2.96 bits per heavy atom. The normalized spacial score (nSPS) is 27.2. The van der Waals surface area contributed by atoms with Crippen molar-refractivity contribution < 1.29 is 9.53 Å². The van der Waals surface area contributed by atoms with Crippen molar-refractivity contribution in [2.75, 3.05) is 19.7 Å². The lowest BCUT2D eigenvalue weighted by atomic mass is 9.66. The van der Waals surface area contributed by atoms with Gasteiger partial charge in [-0.1, -0.05) is 31.2 Å². The summed E-state index contributed by atoms with van der Waals surface area (Å²) in [5.74, 6) is -0.214. The van der Waals surface area contributed by atoms with E-state index in [4.69, 9.17) is 4.74 Å². The Labute approximate surface area is 154 Å². The van der Waals surface area contributed by atoms with Gasteiger partial charge in [0.05, 0.1) is 17.3 Å². The van der Waals surface area contributed by atoms with Gasteiger partial charge in [0.25, 0.3) is 0 Å². The van der Waals surface area contributed by atoms with Crippen LogP contribution in [-0.4, -0.2) is 35.1 Å². The highest BCUT2D eigenvalue weighted by molar-refractivity contribution is 5.90. The van der Waals surface area contributed by atoms with Crippen molar-refractivity contribution >= 4 is 22.6 Å². The highest BCUT2D eigenvalue weighted by atomic mass is 16.5. The minimum absolute atomic E-state index is 0.160. The van der Waals surface area contributed by atoms with E-state index in [9.17, 15) is 4.79 Å². The third-order valence-corrected chi connectivity index (χ3v) is 6.75. The third-order valence-electron chi connectivity index (χ3n) is 6.75. The number of piperidine rings is 1. The highest BCUT2D eigenvalue weighted by Gasteiger charge is 2.50. The molecular formula is C22H26N2O2. The number of benzene rings is 1. The van der Waals surface area contributed by atoms with Crippen molar-refractivity contribution in [1.29, 1.82) is 0 Å². The van der Waals surface area contributed by atoms with Crippen LogP contribution in [0.1, 0.15) is 50.4 Å². The van der Waals surface area contributed by atoms with Crippen LogP contribution in [0.2, 0.25) is 0 Å². The summed E-state index contributed by atoms with van der Waals surface area (Å²) in [4.78, 5) is 14.2. The van der Waals surface area contributed by atoms with Gasteiger partial charge in [-0.25, -0.2) is 0 Å². The van der Waals surface area contributed by atoms with E-state index in [0.717, 1.165) is 25.1 Å². The number of ether oxygens (including phenoxy) is 1. The minimum Gasteiger partial charge on any atom is -0.459 e. The molecule has 0 aliphatic carbocycles. The molecule has 26 heavy (non-hydrogen) atoms. The summed E-state index contributed by atoms with van der Waals surface area (Å²) in [6, 6.07) is 9.17. The molecule has 3 aliphatic rings. The molecule has 0 radical (unpaired) electrons. The summed E-state index contributed by atoms with van der Waals surface area (Å²) < 4.78 is 7.88. The fraction of sp³-hybridized carbons (Fsp3) is 0.500. The van der Waals surface area contributed by atoms with Gasteiger partial charge in [-0.05, 0) is 43.9 Å². The van der Waals surface area contributed by atoms with Crippen LogP contribution in [0.4, 0.5) is 0 Å². The van der Waals surface area contributed by atoms with E-state index in [1.165, 1.54) is 48.5 Å². The predicted molar refractivity (Wildman–Crippen MR) is 103 cm³/mol. The van der Waals surface area contributed by atoms with Crippen molar-refractivity contribution in [3.63, 3.8) is 0 Å². The maximum absolute atomic E-state index is 11.5. The van der Waals surface area contributed by atoms with Crippen molar-refractivity contribution in [3.05, 3.63) is 41.6 Å². The number of rotatable bonds is 3. The number of aromatic nitrogens is 1. The van der Waals surface area contributed by atoms with Gasteiger partial charge in [0.1, 0.15) is 6.61 Å². The standard InChI is InChI=1S/C22H26N2O2/c1-3-22-10-6-11-23-12-9-18-17-7-4-5-8-19(17)24(20(18)21(22)23)16(13-22)14-26-15(2)25/h4-5,7-8,13,21H,3,6,9-12,14H2,1-2H3/t21-,22+/m1/s1. The van der Waals surface area contributed by atoms with Crippen LogP contribution in [0, 0.1) is 5.41 Å². The molecule has 0 N–H and O–H groups in total. The van der Waals surface area contributed by atoms with E-state index < -0.39 is 0 Å². The molecule has 0 unspecified atom stereocenters. The molecule has 2 atom stereocenters. The van der Waals surface area contributed by atoms with Crippen LogP contribution in [-0.2, 0) is 16.0 Å². The second-order valence-corrected chi connectivity index (χ2v) is 8.01. The van der Waals surface area contributed by atoms with Gasteiger partial charge in [-0.2, -0.15) is 0 Å². The van der Waals surface area contributed by atoms with Gasteiger partial charge in [0.15, 0.2) is 0 Å². The van der Waals surface area contributed by atoms with Crippen LogP contribution in [0.25, 0.3) is 16.6 Å². The summed E-state index contributed by atoms with van der Waals surface area (Å²) in [5, 5.41) is 1.37. The van der Waals surface area contributed by atoms with Crippen LogP contribution >= 0.6 is 0 Å². The van der Waals surface area contributed by atoms with E-state index in [-0.39, 0.29) is 11.4 Å². The SMILES string of the molecule is CC[C@@]12C=C(COC(C)=O)n3c4c(c5ccccc53)CCN(CCC1)[C@H]42. The van der Waals surface area contributed by atoms with E-state index in [0.29, 0.717) is 12.6 Å². The first-order valence-electron chi connectivity index (χ1n) is 9.86. The van der Waals surface area contributed by atoms with Gasteiger partial charge in [-0.15, -0.1) is 0 Å². The van der Waals surface area contributed by atoms with E-state index in [1.54, 1.807) is 0 Å². The number of carbonyl (C=O) groups excluding carboxylic acids is 1. The fourth-order valence-electron chi connectivity index (χ4n) is 5.67. The molecule has 1 aromatic heterocycles. The second kappa shape index (κ2) is 5.71. The Morgan fingerprint density at radius 2 is 2.15 bits per heavy atom. The number of hydrogen-bond donors (Lipinski definition) is 0. The largest absolute Gasteiger partial charge is 0.459 e. The van der Waals surface area contributed by atoms with Gasteiger partial charge in [0.2, 0.25) is 0 Å². The summed E-state index contributed by atoms with van der Waals surface area (Å²) in [6.45, 7) is 6.51. The van der Waals surface area contributed by atoms with E-state index in [1.807, 2.05) is 0 Å². The maximum atomic E-state index is 11.5. The Bertz CT molecular complexity index is 926. The smallest absolute Gasteiger partial charge is 0.303 e. The molecule has 1 aromatic carbocycles. The molecule has 1 fully saturated rings. The number of esters is 1. The van der Waals surface area contributed by atoms with E-state index >= 15 is 0 Å². The predicted octanol–water partition coefficient (Wildman–Crippen LogP) is 4.15. The van der Waals surface area contributed by atoms with Crippen LogP contribution in [0.5, 0.6) is 0 Å². The zero-order chi connectivity index (χ0) is 17.9. The number of hydrogen-bond acceptors (Lipinski definition) is 3. The molecule has 5 rings (SSSR count). The lowest BCUT2D eigenvalue weighted by Gasteiger charge is -2.53. The van der Waals surface area contributed by atoms with Crippen LogP contribution in [0.3, 0.4) is 0 Å². The summed E-state index contributed by atoms with van der Waals surface area (Å²) in [6.07, 6.45) is 7.15. The first kappa shape index (κ1) is 16.1. The van der Waals surface area contributed by atoms with Crippen molar-refractivity contribution in [1.82, 2.24) is 9.47 Å². The molecule has 0 spiro atoms. The molecule has 0 saturated carbocycles. The number of nitrogens with zero attached hydrogens (tertiary/aromatic N) is 2. The third kappa shape index (κ3) is 2.08. The lowest BCUT2D eigenvalue weighted by molar-refractivity contribution is -0.139. The van der Waals surface area contributed by atoms with Crippen molar-refractivity contribution in [2.24, 2.45) is 5.41 Å². The number of para-hydroxylation sites is 1. The molecule has 4 heteroatoms. The second-order valence-electron chi connectivity index (χ2n) is 8.01. The Morgan fingerprint density at radius 1 is 1.31 bits per heavy atom. The maximum Gasteiger partial charge on any atom is 0.303 e. The first-order valence-corrected chi connectivity index (χ1v) is 9.86. The van der Waals surface area contributed by atoms with E-state index in [2.05, 4.69) is 46.7 Å². The Balaban J connectivity index is 1.79. The molecule has 136 valence electrons. The molecule has 0 bridgehead atoms. The molecule has 4 nitrogen and oxygen atoms in total. The first-order chi connectivity index (χ1) is 12.6. The van der Waals surface area contributed by atoms with Crippen molar-refractivity contribution in [2.45, 2.75) is 45.6 Å². The summed E-state index contributed by atoms with van der Waals surface area (Å²) >= 11 is 0. The molecular weight excluding hydrogens is 324 g/mol. The van der Waals surface area contributed by atoms with Gasteiger partial charge < -0.3 is 9.30 Å². The average Bonchev–Trinajstić information content (AvgIpc) is 3.00. The van der Waals surface area contributed by atoms with Crippen LogP contribution < -0.4 is 0 Å². The monoisotopic (exact) mass is 350 g/mol. The topological polar surface area (TPSA) is 34.5 Å². The summed E-state index contributed by atoms with van der Waals surface area (Å²) in [7, 11) is 0. The molecule has 2 aromatic rings. The number of carbonyl (C=O) groups is 1. The molecule has 4 heterocycles. The molecule has 1 saturated heterocycles. The van der Waals surface area contributed by atoms with Crippen molar-refractivity contribution in [3.8, 4) is 0 Å². The lowest BCUT2D eigenvalue weighted by Crippen LogP contribution is -2.50. The summed E-state index contributed by atoms with van der Waals surface area (Å²) in [5.41, 5.74) is 5.53. The minimum atomic E-state index is -0.214. The molecule has 0 amide bonds. The Kier molecular flexibility index (Phi) is 3.54. The highest BCUT2D eigenvalue weighted by Crippen LogP contribution is 2.56. The quantitative estimate of drug-likeness (QED) is 0.780. The van der Waals surface area contributed by atoms with Gasteiger partial charge in [0, 0.05) is 30.0 Å². The average molecular weight is 350 g/mol. The number of fused-ring (bicyclic) bond motifs is 3. The molecule has 3 aliphatic heterocycles.